The lowest BCUT2D eigenvalue weighted by atomic mass is 10.2. The first-order valence-corrected chi connectivity index (χ1v) is 5.73. The van der Waals surface area contributed by atoms with Gasteiger partial charge in [0.2, 0.25) is 0 Å². The maximum Gasteiger partial charge on any atom is 0.252 e. The fourth-order valence-electron chi connectivity index (χ4n) is 1.85. The third kappa shape index (κ3) is 1.69. The minimum atomic E-state index is 0.0566. The van der Waals surface area contributed by atoms with Gasteiger partial charge >= 0.3 is 0 Å². The van der Waals surface area contributed by atoms with Crippen LogP contribution in [0.25, 0.3) is 0 Å². The topological polar surface area (TPSA) is 23.6 Å². The van der Waals surface area contributed by atoms with Crippen LogP contribution in [0.15, 0.2) is 24.3 Å². The van der Waals surface area contributed by atoms with E-state index in [0.29, 0.717) is 11.7 Å². The highest BCUT2D eigenvalue weighted by Gasteiger charge is 2.33. The Morgan fingerprint density at radius 2 is 2.06 bits per heavy atom. The first-order valence-electron chi connectivity index (χ1n) is 5.32. The number of amides is 1. The van der Waals surface area contributed by atoms with Crippen molar-refractivity contribution in [1.82, 2.24) is 4.90 Å². The molecular formula is C12H14N2OS. The molecule has 2 rings (SSSR count). The van der Waals surface area contributed by atoms with E-state index in [1.807, 2.05) is 43.0 Å². The van der Waals surface area contributed by atoms with E-state index < -0.39 is 0 Å². The molecule has 84 valence electrons. The van der Waals surface area contributed by atoms with Crippen molar-refractivity contribution in [3.05, 3.63) is 29.8 Å². The van der Waals surface area contributed by atoms with Crippen LogP contribution in [0.3, 0.4) is 0 Å². The number of carbonyl (C=O) groups excluding carboxylic acids is 1. The van der Waals surface area contributed by atoms with Crippen molar-refractivity contribution in [1.29, 1.82) is 0 Å². The molecule has 1 aliphatic rings. The molecular weight excluding hydrogens is 220 g/mol. The largest absolute Gasteiger partial charge is 0.339 e. The molecule has 0 atom stereocenters. The van der Waals surface area contributed by atoms with E-state index in [0.717, 1.165) is 17.8 Å². The fraction of sp³-hybridized carbons (Fsp3) is 0.333. The van der Waals surface area contributed by atoms with Gasteiger partial charge in [-0.2, -0.15) is 0 Å². The standard InChI is InChI=1S/C12H14N2OS/c1-3-13-8-11(15)14(12(13)16)10-7-5-4-6-9(10)2/h4-7H,3,8H2,1-2H3. The zero-order valence-corrected chi connectivity index (χ0v) is 10.3. The van der Waals surface area contributed by atoms with E-state index >= 15 is 0 Å². The number of likely N-dealkylation sites (N-methyl/N-ethyl adjacent to an activating group) is 1. The summed E-state index contributed by atoms with van der Waals surface area (Å²) >= 11 is 5.31. The highest BCUT2D eigenvalue weighted by molar-refractivity contribution is 7.80. The van der Waals surface area contributed by atoms with Gasteiger partial charge in [0.25, 0.3) is 5.91 Å². The Balaban J connectivity index is 2.39. The maximum absolute atomic E-state index is 11.9. The van der Waals surface area contributed by atoms with Crippen LogP contribution in [0.5, 0.6) is 0 Å². The van der Waals surface area contributed by atoms with Crippen LogP contribution in [0.4, 0.5) is 5.69 Å². The molecule has 0 bridgehead atoms. The summed E-state index contributed by atoms with van der Waals surface area (Å²) in [7, 11) is 0. The molecule has 3 nitrogen and oxygen atoms in total. The van der Waals surface area contributed by atoms with Gasteiger partial charge in [-0.1, -0.05) is 18.2 Å². The number of hydrogen-bond donors (Lipinski definition) is 0. The van der Waals surface area contributed by atoms with Crippen molar-refractivity contribution in [3.8, 4) is 0 Å². The lowest BCUT2D eigenvalue weighted by molar-refractivity contribution is -0.116. The molecule has 0 spiro atoms. The Hall–Kier alpha value is -1.42. The normalized spacial score (nSPS) is 16.1. The molecule has 0 radical (unpaired) electrons. The van der Waals surface area contributed by atoms with Crippen LogP contribution in [0.2, 0.25) is 0 Å². The van der Waals surface area contributed by atoms with Crippen LogP contribution in [0.1, 0.15) is 12.5 Å². The van der Waals surface area contributed by atoms with Crippen molar-refractivity contribution < 1.29 is 4.79 Å². The second kappa shape index (κ2) is 4.22. The number of anilines is 1. The van der Waals surface area contributed by atoms with Gasteiger partial charge in [-0.15, -0.1) is 0 Å². The Morgan fingerprint density at radius 1 is 1.38 bits per heavy atom. The van der Waals surface area contributed by atoms with E-state index in [1.165, 1.54) is 0 Å². The molecule has 0 N–H and O–H groups in total. The van der Waals surface area contributed by atoms with Gasteiger partial charge in [0.05, 0.1) is 12.2 Å². The minimum Gasteiger partial charge on any atom is -0.339 e. The van der Waals surface area contributed by atoms with E-state index in [9.17, 15) is 4.79 Å². The van der Waals surface area contributed by atoms with Crippen molar-refractivity contribution in [3.63, 3.8) is 0 Å². The molecule has 1 saturated heterocycles. The van der Waals surface area contributed by atoms with Gasteiger partial charge in [0.15, 0.2) is 5.11 Å². The highest BCUT2D eigenvalue weighted by Crippen LogP contribution is 2.24. The predicted molar refractivity (Wildman–Crippen MR) is 68.5 cm³/mol. The van der Waals surface area contributed by atoms with Crippen LogP contribution in [0, 0.1) is 6.92 Å². The van der Waals surface area contributed by atoms with Gasteiger partial charge in [-0.25, -0.2) is 0 Å². The molecule has 0 saturated carbocycles. The summed E-state index contributed by atoms with van der Waals surface area (Å²) in [5.74, 6) is 0.0566. The summed E-state index contributed by atoms with van der Waals surface area (Å²) in [6, 6.07) is 7.80. The van der Waals surface area contributed by atoms with Crippen LogP contribution in [-0.2, 0) is 4.79 Å². The molecule has 1 amide bonds. The Bertz CT molecular complexity index is 444. The number of rotatable bonds is 2. The van der Waals surface area contributed by atoms with Crippen molar-refractivity contribution in [2.75, 3.05) is 18.0 Å². The summed E-state index contributed by atoms with van der Waals surface area (Å²) in [5, 5.41) is 0.613. The molecule has 1 aromatic carbocycles. The van der Waals surface area contributed by atoms with Gasteiger partial charge in [-0.3, -0.25) is 9.69 Å². The Kier molecular flexibility index (Phi) is 2.92. The molecule has 1 aromatic rings. The average molecular weight is 234 g/mol. The van der Waals surface area contributed by atoms with Crippen molar-refractivity contribution >= 4 is 28.9 Å². The summed E-state index contributed by atoms with van der Waals surface area (Å²) in [4.78, 5) is 15.4. The average Bonchev–Trinajstić information content (AvgIpc) is 2.55. The number of nitrogens with zero attached hydrogens (tertiary/aromatic N) is 2. The smallest absolute Gasteiger partial charge is 0.252 e. The Morgan fingerprint density at radius 3 is 2.62 bits per heavy atom. The van der Waals surface area contributed by atoms with Crippen LogP contribution < -0.4 is 4.90 Å². The van der Waals surface area contributed by atoms with E-state index in [4.69, 9.17) is 12.2 Å². The van der Waals surface area contributed by atoms with Gasteiger partial charge in [-0.05, 0) is 37.7 Å². The number of thiocarbonyl (C=S) groups is 1. The SMILES string of the molecule is CCN1CC(=O)N(c2ccccc2C)C1=S. The minimum absolute atomic E-state index is 0.0566. The molecule has 16 heavy (non-hydrogen) atoms. The van der Waals surface area contributed by atoms with Crippen molar-refractivity contribution in [2.24, 2.45) is 0 Å². The second-order valence-corrected chi connectivity index (χ2v) is 4.18. The summed E-state index contributed by atoms with van der Waals surface area (Å²) in [6.45, 7) is 5.15. The molecule has 0 unspecified atom stereocenters. The monoisotopic (exact) mass is 234 g/mol. The Labute approximate surface area is 101 Å². The van der Waals surface area contributed by atoms with E-state index in [1.54, 1.807) is 4.90 Å². The lowest BCUT2D eigenvalue weighted by Crippen LogP contribution is -2.33. The first kappa shape index (κ1) is 11.1. The third-order valence-electron chi connectivity index (χ3n) is 2.78. The van der Waals surface area contributed by atoms with Gasteiger partial charge < -0.3 is 4.90 Å². The van der Waals surface area contributed by atoms with E-state index in [2.05, 4.69) is 0 Å². The number of benzene rings is 1. The lowest BCUT2D eigenvalue weighted by Gasteiger charge is -2.20. The number of carbonyl (C=O) groups is 1. The summed E-state index contributed by atoms with van der Waals surface area (Å²) in [6.07, 6.45) is 0. The maximum atomic E-state index is 11.9. The van der Waals surface area contributed by atoms with Crippen LogP contribution in [-0.4, -0.2) is 29.0 Å². The van der Waals surface area contributed by atoms with Crippen LogP contribution >= 0.6 is 12.2 Å². The number of para-hydroxylation sites is 1. The van der Waals surface area contributed by atoms with Gasteiger partial charge in [0.1, 0.15) is 0 Å². The molecule has 1 heterocycles. The molecule has 1 fully saturated rings. The van der Waals surface area contributed by atoms with Gasteiger partial charge in [0, 0.05) is 6.54 Å². The molecule has 0 aromatic heterocycles. The zero-order chi connectivity index (χ0) is 11.7. The fourth-order valence-corrected chi connectivity index (χ4v) is 2.24. The molecule has 4 heteroatoms. The zero-order valence-electron chi connectivity index (χ0n) is 9.43. The van der Waals surface area contributed by atoms with E-state index in [-0.39, 0.29) is 5.91 Å². The van der Waals surface area contributed by atoms with Crippen molar-refractivity contribution in [2.45, 2.75) is 13.8 Å². The molecule has 0 aliphatic carbocycles. The predicted octanol–water partition coefficient (Wildman–Crippen LogP) is 1.95. The quantitative estimate of drug-likeness (QED) is 0.731. The summed E-state index contributed by atoms with van der Waals surface area (Å²) in [5.41, 5.74) is 1.96. The summed E-state index contributed by atoms with van der Waals surface area (Å²) < 4.78 is 0. The molecule has 1 aliphatic heterocycles. The number of hydrogen-bond acceptors (Lipinski definition) is 2. The second-order valence-electron chi connectivity index (χ2n) is 3.81. The number of aryl methyl sites for hydroxylation is 1. The third-order valence-corrected chi connectivity index (χ3v) is 3.22. The first-order chi connectivity index (χ1) is 7.65. The highest BCUT2D eigenvalue weighted by atomic mass is 32.1.